The van der Waals surface area contributed by atoms with E-state index in [1.807, 2.05) is 11.8 Å². The lowest BCUT2D eigenvalue weighted by atomic mass is 9.67. The number of hydrogen-bond acceptors (Lipinski definition) is 1. The van der Waals surface area contributed by atoms with E-state index in [2.05, 4.69) is 107 Å². The summed E-state index contributed by atoms with van der Waals surface area (Å²) in [6.07, 6.45) is 0. The minimum absolute atomic E-state index is 0.274. The summed E-state index contributed by atoms with van der Waals surface area (Å²) < 4.78 is 1.17. The van der Waals surface area contributed by atoms with E-state index in [9.17, 15) is 0 Å². The molecule has 0 nitrogen and oxygen atoms in total. The minimum atomic E-state index is -0.274. The fourth-order valence-electron chi connectivity index (χ4n) is 5.53. The largest absolute Gasteiger partial charge is 0.0882 e. The molecule has 0 saturated heterocycles. The van der Waals surface area contributed by atoms with Gasteiger partial charge in [0.1, 0.15) is 0 Å². The molecule has 0 unspecified atom stereocenters. The number of hydrogen-bond donors (Lipinski definition) is 0. The Morgan fingerprint density at radius 1 is 0.552 bits per heavy atom. The smallest absolute Gasteiger partial charge is 0.0736 e. The van der Waals surface area contributed by atoms with Crippen molar-refractivity contribution in [3.05, 3.63) is 118 Å². The molecule has 0 fully saturated rings. The molecule has 0 aromatic heterocycles. The molecule has 5 aromatic carbocycles. The quantitative estimate of drug-likeness (QED) is 0.211. The second-order valence-corrected chi connectivity index (χ2v) is 9.74. The van der Waals surface area contributed by atoms with Crippen LogP contribution in [-0.2, 0) is 5.41 Å². The second kappa shape index (κ2) is 5.53. The van der Waals surface area contributed by atoms with Gasteiger partial charge < -0.3 is 0 Å². The van der Waals surface area contributed by atoms with E-state index in [4.69, 9.17) is 0 Å². The summed E-state index contributed by atoms with van der Waals surface area (Å²) in [5.74, 6) is 0. The van der Waals surface area contributed by atoms with Gasteiger partial charge in [0.25, 0.3) is 0 Å². The molecular formula is C27H15BrS. The van der Waals surface area contributed by atoms with Crippen LogP contribution in [0.2, 0.25) is 0 Å². The summed E-state index contributed by atoms with van der Waals surface area (Å²) in [4.78, 5) is 2.67. The lowest BCUT2D eigenvalue weighted by Gasteiger charge is -2.40. The Hall–Kier alpha value is -2.55. The molecule has 2 aliphatic rings. The molecule has 0 atom stereocenters. The van der Waals surface area contributed by atoms with E-state index in [1.165, 1.54) is 58.1 Å². The summed E-state index contributed by atoms with van der Waals surface area (Å²) in [5, 5.41) is 5.47. The van der Waals surface area contributed by atoms with Crippen molar-refractivity contribution in [2.24, 2.45) is 0 Å². The Morgan fingerprint density at radius 3 is 1.86 bits per heavy atom. The highest BCUT2D eigenvalue weighted by molar-refractivity contribution is 9.10. The Morgan fingerprint density at radius 2 is 1.14 bits per heavy atom. The zero-order valence-electron chi connectivity index (χ0n) is 15.4. The summed E-state index contributed by atoms with van der Waals surface area (Å²) in [6, 6.07) is 33.8. The molecule has 1 aliphatic heterocycles. The predicted octanol–water partition coefficient (Wildman–Crippen LogP) is 7.92. The molecule has 0 saturated carbocycles. The van der Waals surface area contributed by atoms with Gasteiger partial charge in [-0.05, 0) is 71.9 Å². The molecule has 136 valence electrons. The fraction of sp³-hybridized carbons (Fsp3) is 0.0370. The number of rotatable bonds is 0. The first-order chi connectivity index (χ1) is 14.3. The normalized spacial score (nSPS) is 15.2. The zero-order valence-corrected chi connectivity index (χ0v) is 17.8. The van der Waals surface area contributed by atoms with Crippen LogP contribution in [0.3, 0.4) is 0 Å². The van der Waals surface area contributed by atoms with Gasteiger partial charge in [-0.15, -0.1) is 0 Å². The standard InChI is InChI=1S/C27H15BrS/c28-22-12-5-11-21-26(22)29-23-13-2-1-8-18(23)27(21)19-9-3-6-16-14-15-17-7-4-10-20(27)25(17)24(16)19/h1-15H. The molecule has 5 aromatic rings. The van der Waals surface area contributed by atoms with Crippen molar-refractivity contribution in [1.29, 1.82) is 0 Å². The first kappa shape index (κ1) is 16.3. The third kappa shape index (κ3) is 1.83. The third-order valence-electron chi connectivity index (χ3n) is 6.57. The van der Waals surface area contributed by atoms with Crippen LogP contribution in [0.1, 0.15) is 22.3 Å². The lowest BCUT2D eigenvalue weighted by molar-refractivity contribution is 0.723. The summed E-state index contributed by atoms with van der Waals surface area (Å²) in [6.45, 7) is 0. The fourth-order valence-corrected chi connectivity index (χ4v) is 7.34. The van der Waals surface area contributed by atoms with Gasteiger partial charge in [0.15, 0.2) is 0 Å². The Kier molecular flexibility index (Phi) is 3.10. The van der Waals surface area contributed by atoms with Crippen LogP contribution in [0.25, 0.3) is 21.5 Å². The minimum Gasteiger partial charge on any atom is -0.0882 e. The second-order valence-electron chi connectivity index (χ2n) is 7.84. The van der Waals surface area contributed by atoms with E-state index < -0.39 is 0 Å². The van der Waals surface area contributed by atoms with Crippen molar-refractivity contribution in [2.45, 2.75) is 15.2 Å². The highest BCUT2D eigenvalue weighted by Crippen LogP contribution is 2.62. The van der Waals surface area contributed by atoms with E-state index >= 15 is 0 Å². The summed E-state index contributed by atoms with van der Waals surface area (Å²) in [5.41, 5.74) is 5.32. The Labute approximate surface area is 181 Å². The molecule has 7 rings (SSSR count). The highest BCUT2D eigenvalue weighted by atomic mass is 79.9. The van der Waals surface area contributed by atoms with Crippen LogP contribution in [0.5, 0.6) is 0 Å². The molecule has 0 amide bonds. The maximum atomic E-state index is 3.85. The summed E-state index contributed by atoms with van der Waals surface area (Å²) >= 11 is 5.73. The van der Waals surface area contributed by atoms with Crippen LogP contribution in [0.4, 0.5) is 0 Å². The van der Waals surface area contributed by atoms with Crippen LogP contribution in [-0.4, -0.2) is 0 Å². The van der Waals surface area contributed by atoms with E-state index in [-0.39, 0.29) is 5.41 Å². The predicted molar refractivity (Wildman–Crippen MR) is 125 cm³/mol. The number of halogens is 1. The van der Waals surface area contributed by atoms with Gasteiger partial charge >= 0.3 is 0 Å². The maximum Gasteiger partial charge on any atom is 0.0736 e. The third-order valence-corrected chi connectivity index (χ3v) is 8.71. The molecule has 0 radical (unpaired) electrons. The van der Waals surface area contributed by atoms with Gasteiger partial charge in [-0.3, -0.25) is 0 Å². The Bertz CT molecular complexity index is 1440. The summed E-state index contributed by atoms with van der Waals surface area (Å²) in [7, 11) is 0. The van der Waals surface area contributed by atoms with Gasteiger partial charge in [0.05, 0.1) is 5.41 Å². The Balaban J connectivity index is 1.79. The maximum absolute atomic E-state index is 3.85. The lowest BCUT2D eigenvalue weighted by Crippen LogP contribution is -2.32. The molecule has 0 bridgehead atoms. The van der Waals surface area contributed by atoms with Crippen molar-refractivity contribution in [3.63, 3.8) is 0 Å². The van der Waals surface area contributed by atoms with Crippen molar-refractivity contribution < 1.29 is 0 Å². The van der Waals surface area contributed by atoms with Crippen molar-refractivity contribution >= 4 is 49.2 Å². The van der Waals surface area contributed by atoms with Crippen LogP contribution < -0.4 is 0 Å². The van der Waals surface area contributed by atoms with Crippen molar-refractivity contribution in [1.82, 2.24) is 0 Å². The molecule has 29 heavy (non-hydrogen) atoms. The monoisotopic (exact) mass is 450 g/mol. The topological polar surface area (TPSA) is 0 Å². The van der Waals surface area contributed by atoms with Crippen molar-refractivity contribution in [3.8, 4) is 0 Å². The van der Waals surface area contributed by atoms with Crippen LogP contribution in [0.15, 0.2) is 105 Å². The van der Waals surface area contributed by atoms with Gasteiger partial charge in [0.2, 0.25) is 0 Å². The van der Waals surface area contributed by atoms with Gasteiger partial charge in [-0.1, -0.05) is 90.6 Å². The SMILES string of the molecule is Brc1cccc2c1Sc1ccccc1C21c2cccc3ccc4cccc1c4c23. The van der Waals surface area contributed by atoms with Gasteiger partial charge in [-0.2, -0.15) is 0 Å². The molecule has 1 spiro atoms. The van der Waals surface area contributed by atoms with Gasteiger partial charge in [0, 0.05) is 14.3 Å². The average molecular weight is 451 g/mol. The number of fused-ring (bicyclic) bond motifs is 6. The average Bonchev–Trinajstić information content (AvgIpc) is 3.06. The van der Waals surface area contributed by atoms with Gasteiger partial charge in [-0.25, -0.2) is 0 Å². The molecule has 1 aliphatic carbocycles. The van der Waals surface area contributed by atoms with Crippen LogP contribution >= 0.6 is 27.7 Å². The van der Waals surface area contributed by atoms with Crippen molar-refractivity contribution in [2.75, 3.05) is 0 Å². The molecule has 1 heterocycles. The first-order valence-corrected chi connectivity index (χ1v) is 11.4. The number of benzene rings is 5. The zero-order chi connectivity index (χ0) is 19.2. The molecule has 2 heteroatoms. The van der Waals surface area contributed by atoms with E-state index in [0.717, 1.165) is 0 Å². The van der Waals surface area contributed by atoms with E-state index in [0.29, 0.717) is 0 Å². The van der Waals surface area contributed by atoms with E-state index in [1.54, 1.807) is 0 Å². The molecule has 0 N–H and O–H groups in total. The van der Waals surface area contributed by atoms with Crippen LogP contribution in [0, 0.1) is 0 Å². The molecular weight excluding hydrogens is 436 g/mol. The highest BCUT2D eigenvalue weighted by Gasteiger charge is 2.49. The first-order valence-electron chi connectivity index (χ1n) is 9.82.